The van der Waals surface area contributed by atoms with E-state index in [2.05, 4.69) is 33.2 Å². The third kappa shape index (κ3) is 4.58. The molecular formula is C26H19Cl2N3OS. The first kappa shape index (κ1) is 21.8. The van der Waals surface area contributed by atoms with E-state index in [0.29, 0.717) is 21.6 Å². The van der Waals surface area contributed by atoms with E-state index in [4.69, 9.17) is 23.2 Å². The number of hydrogen-bond acceptors (Lipinski definition) is 3. The molecule has 1 amide bonds. The van der Waals surface area contributed by atoms with Crippen molar-refractivity contribution >= 4 is 68.7 Å². The fraction of sp³-hybridized carbons (Fsp3) is 0.0769. The van der Waals surface area contributed by atoms with Crippen LogP contribution in [-0.4, -0.2) is 15.6 Å². The largest absolute Gasteiger partial charge is 0.342 e. The number of hydrogen-bond donors (Lipinski definition) is 1. The maximum Gasteiger partial charge on any atom is 0.264 e. The van der Waals surface area contributed by atoms with Crippen molar-refractivity contribution in [1.29, 1.82) is 0 Å². The Bertz CT molecular complexity index is 1440. The molecule has 0 bridgehead atoms. The highest BCUT2D eigenvalue weighted by molar-refractivity contribution is 8.18. The molecule has 1 fully saturated rings. The van der Waals surface area contributed by atoms with Gasteiger partial charge in [0.25, 0.3) is 5.91 Å². The summed E-state index contributed by atoms with van der Waals surface area (Å²) in [6.45, 7) is 2.62. The van der Waals surface area contributed by atoms with Crippen LogP contribution >= 0.6 is 35.0 Å². The maximum absolute atomic E-state index is 12.7. The van der Waals surface area contributed by atoms with Crippen molar-refractivity contribution in [2.75, 3.05) is 0 Å². The number of aliphatic imine (C=N–C) groups is 1. The summed E-state index contributed by atoms with van der Waals surface area (Å²) in [5.74, 6) is -0.159. The predicted molar refractivity (Wildman–Crippen MR) is 139 cm³/mol. The Morgan fingerprint density at radius 3 is 2.64 bits per heavy atom. The minimum atomic E-state index is -0.159. The van der Waals surface area contributed by atoms with Crippen LogP contribution in [0.1, 0.15) is 16.7 Å². The third-order valence-electron chi connectivity index (χ3n) is 5.48. The van der Waals surface area contributed by atoms with Gasteiger partial charge in [-0.1, -0.05) is 59.6 Å². The van der Waals surface area contributed by atoms with Crippen molar-refractivity contribution in [3.63, 3.8) is 0 Å². The number of amidine groups is 1. The Morgan fingerprint density at radius 2 is 1.82 bits per heavy atom. The molecule has 1 aliphatic heterocycles. The SMILES string of the molecule is Cc1c(Cl)cccc1N=C1NC(=O)/C(=C/c2cn(Cc3ccc(Cl)cc3)c3ccccc23)S1. The molecule has 3 aromatic carbocycles. The summed E-state index contributed by atoms with van der Waals surface area (Å²) < 4.78 is 2.19. The van der Waals surface area contributed by atoms with Gasteiger partial charge >= 0.3 is 0 Å². The summed E-state index contributed by atoms with van der Waals surface area (Å²) >= 11 is 13.6. The summed E-state index contributed by atoms with van der Waals surface area (Å²) in [6.07, 6.45) is 4.00. The van der Waals surface area contributed by atoms with Crippen LogP contribution in [0.5, 0.6) is 0 Å². The molecule has 1 aromatic heterocycles. The topological polar surface area (TPSA) is 46.4 Å². The number of benzene rings is 3. The Kier molecular flexibility index (Phi) is 6.02. The second kappa shape index (κ2) is 9.10. The van der Waals surface area contributed by atoms with Crippen LogP contribution in [0.4, 0.5) is 5.69 Å². The highest BCUT2D eigenvalue weighted by atomic mass is 35.5. The second-order valence-electron chi connectivity index (χ2n) is 7.72. The highest BCUT2D eigenvalue weighted by Crippen LogP contribution is 2.33. The number of amides is 1. The van der Waals surface area contributed by atoms with Crippen LogP contribution in [0.25, 0.3) is 17.0 Å². The lowest BCUT2D eigenvalue weighted by Gasteiger charge is -2.05. The van der Waals surface area contributed by atoms with Crippen LogP contribution in [0, 0.1) is 6.92 Å². The predicted octanol–water partition coefficient (Wildman–Crippen LogP) is 7.20. The maximum atomic E-state index is 12.7. The quantitative estimate of drug-likeness (QED) is 0.307. The molecule has 5 rings (SSSR count). The third-order valence-corrected chi connectivity index (χ3v) is 7.06. The molecule has 0 atom stereocenters. The van der Waals surface area contributed by atoms with Gasteiger partial charge in [-0.3, -0.25) is 4.79 Å². The van der Waals surface area contributed by atoms with Gasteiger partial charge in [0.2, 0.25) is 0 Å². The van der Waals surface area contributed by atoms with Gasteiger partial charge in [0.15, 0.2) is 5.17 Å². The van der Waals surface area contributed by atoms with Crippen molar-refractivity contribution in [2.24, 2.45) is 4.99 Å². The minimum absolute atomic E-state index is 0.159. The number of rotatable bonds is 4. The molecule has 4 nitrogen and oxygen atoms in total. The second-order valence-corrected chi connectivity index (χ2v) is 9.60. The first-order valence-corrected chi connectivity index (χ1v) is 11.9. The monoisotopic (exact) mass is 491 g/mol. The van der Waals surface area contributed by atoms with E-state index in [1.54, 1.807) is 0 Å². The van der Waals surface area contributed by atoms with Gasteiger partial charge in [-0.15, -0.1) is 0 Å². The number of carbonyl (C=O) groups excluding carboxylic acids is 1. The molecule has 0 unspecified atom stereocenters. The molecule has 4 aromatic rings. The van der Waals surface area contributed by atoms with Crippen LogP contribution < -0.4 is 5.32 Å². The van der Waals surface area contributed by atoms with E-state index in [1.165, 1.54) is 11.8 Å². The molecular weight excluding hydrogens is 473 g/mol. The fourth-order valence-electron chi connectivity index (χ4n) is 3.76. The van der Waals surface area contributed by atoms with E-state index in [-0.39, 0.29) is 5.91 Å². The molecule has 2 heterocycles. The summed E-state index contributed by atoms with van der Waals surface area (Å²) in [6, 6.07) is 21.6. The van der Waals surface area contributed by atoms with Gasteiger partial charge in [0, 0.05) is 39.3 Å². The lowest BCUT2D eigenvalue weighted by Crippen LogP contribution is -2.19. The van der Waals surface area contributed by atoms with Gasteiger partial charge in [0.05, 0.1) is 10.6 Å². The first-order chi connectivity index (χ1) is 16.0. The van der Waals surface area contributed by atoms with Gasteiger partial charge in [-0.25, -0.2) is 4.99 Å². The summed E-state index contributed by atoms with van der Waals surface area (Å²) in [5.41, 5.74) is 4.86. The molecule has 164 valence electrons. The highest BCUT2D eigenvalue weighted by Gasteiger charge is 2.24. The fourth-order valence-corrected chi connectivity index (χ4v) is 4.88. The van der Waals surface area contributed by atoms with E-state index in [0.717, 1.165) is 38.3 Å². The molecule has 33 heavy (non-hydrogen) atoms. The molecule has 1 aliphatic rings. The van der Waals surface area contributed by atoms with Crippen LogP contribution in [0.2, 0.25) is 10.0 Å². The van der Waals surface area contributed by atoms with E-state index in [9.17, 15) is 4.79 Å². The van der Waals surface area contributed by atoms with Crippen molar-refractivity contribution in [2.45, 2.75) is 13.5 Å². The number of nitrogens with zero attached hydrogens (tertiary/aromatic N) is 2. The minimum Gasteiger partial charge on any atom is -0.342 e. The molecule has 7 heteroatoms. The van der Waals surface area contributed by atoms with E-state index in [1.807, 2.05) is 67.6 Å². The molecule has 0 spiro atoms. The average Bonchev–Trinajstić information content (AvgIpc) is 3.33. The molecule has 1 N–H and O–H groups in total. The zero-order valence-electron chi connectivity index (χ0n) is 17.7. The van der Waals surface area contributed by atoms with Gasteiger partial charge < -0.3 is 9.88 Å². The van der Waals surface area contributed by atoms with E-state index < -0.39 is 0 Å². The zero-order chi connectivity index (χ0) is 22.9. The van der Waals surface area contributed by atoms with Crippen molar-refractivity contribution in [1.82, 2.24) is 9.88 Å². The van der Waals surface area contributed by atoms with Gasteiger partial charge in [-0.05, 0) is 66.2 Å². The van der Waals surface area contributed by atoms with Gasteiger partial charge in [-0.2, -0.15) is 0 Å². The van der Waals surface area contributed by atoms with Crippen molar-refractivity contribution in [3.8, 4) is 0 Å². The number of fused-ring (bicyclic) bond motifs is 1. The average molecular weight is 492 g/mol. The number of thioether (sulfide) groups is 1. The number of nitrogens with one attached hydrogen (secondary N) is 1. The number of halogens is 2. The molecule has 0 saturated carbocycles. The van der Waals surface area contributed by atoms with E-state index >= 15 is 0 Å². The molecule has 1 saturated heterocycles. The van der Waals surface area contributed by atoms with Crippen molar-refractivity contribution < 1.29 is 4.79 Å². The molecule has 0 radical (unpaired) electrons. The number of carbonyl (C=O) groups is 1. The normalized spacial score (nSPS) is 16.2. The number of para-hydroxylation sites is 1. The Balaban J connectivity index is 1.47. The van der Waals surface area contributed by atoms with Crippen LogP contribution in [-0.2, 0) is 11.3 Å². The number of aromatic nitrogens is 1. The summed E-state index contributed by atoms with van der Waals surface area (Å²) in [5, 5.41) is 5.86. The Hall–Kier alpha value is -2.99. The smallest absolute Gasteiger partial charge is 0.264 e. The Labute approximate surface area is 205 Å². The first-order valence-electron chi connectivity index (χ1n) is 10.3. The lowest BCUT2D eigenvalue weighted by molar-refractivity contribution is -0.115. The van der Waals surface area contributed by atoms with Crippen LogP contribution in [0.15, 0.2) is 82.8 Å². The lowest BCUT2D eigenvalue weighted by atomic mass is 10.1. The zero-order valence-corrected chi connectivity index (χ0v) is 20.0. The summed E-state index contributed by atoms with van der Waals surface area (Å²) in [4.78, 5) is 17.9. The standard InChI is InChI=1S/C26H19Cl2N3OS/c1-16-21(28)6-4-7-22(16)29-26-30-25(32)24(33-26)13-18-15-31(23-8-3-2-5-20(18)23)14-17-9-11-19(27)12-10-17/h2-13,15H,14H2,1H3,(H,29,30,32)/b24-13-. The van der Waals surface area contributed by atoms with Crippen molar-refractivity contribution in [3.05, 3.63) is 105 Å². The summed E-state index contributed by atoms with van der Waals surface area (Å²) in [7, 11) is 0. The van der Waals surface area contributed by atoms with Gasteiger partial charge in [0.1, 0.15) is 0 Å². The van der Waals surface area contributed by atoms with Crippen LogP contribution in [0.3, 0.4) is 0 Å². The Morgan fingerprint density at radius 1 is 1.03 bits per heavy atom. The molecule has 0 aliphatic carbocycles.